The van der Waals surface area contributed by atoms with E-state index in [-0.39, 0.29) is 0 Å². The second-order valence-corrected chi connectivity index (χ2v) is 3.71. The summed E-state index contributed by atoms with van der Waals surface area (Å²) >= 11 is 0. The van der Waals surface area contributed by atoms with Gasteiger partial charge in [-0.2, -0.15) is 5.10 Å². The molecule has 0 fully saturated rings. The zero-order valence-electron chi connectivity index (χ0n) is 9.44. The van der Waals surface area contributed by atoms with Crippen molar-refractivity contribution in [1.82, 2.24) is 14.8 Å². The van der Waals surface area contributed by atoms with E-state index in [1.54, 1.807) is 12.3 Å². The Hall–Kier alpha value is -2.04. The third-order valence-corrected chi connectivity index (χ3v) is 2.58. The number of nitrogens with two attached hydrogens (primary N) is 1. The molecule has 2 rings (SSSR count). The van der Waals surface area contributed by atoms with Gasteiger partial charge >= 0.3 is 0 Å². The van der Waals surface area contributed by atoms with Crippen molar-refractivity contribution < 1.29 is 0 Å². The van der Waals surface area contributed by atoms with Crippen molar-refractivity contribution in [3.05, 3.63) is 35.8 Å². The molecule has 0 saturated heterocycles. The van der Waals surface area contributed by atoms with Crippen molar-refractivity contribution in [2.24, 2.45) is 7.05 Å². The number of nitrogen functional groups attached to an aromatic ring is 1. The van der Waals surface area contributed by atoms with Crippen LogP contribution in [0.2, 0.25) is 0 Å². The Morgan fingerprint density at radius 2 is 2.31 bits per heavy atom. The molecule has 0 radical (unpaired) electrons. The zero-order chi connectivity index (χ0) is 11.5. The maximum Gasteiger partial charge on any atom is 0.128 e. The summed E-state index contributed by atoms with van der Waals surface area (Å²) in [5.41, 5.74) is 8.68. The van der Waals surface area contributed by atoms with E-state index in [1.165, 1.54) is 0 Å². The van der Waals surface area contributed by atoms with Gasteiger partial charge in [0.2, 0.25) is 0 Å². The standard InChI is InChI=1S/C11H15N5/c1-8-9(7-15-16(8)2)6-14-11-5-10(12)3-4-13-11/h3-5,7H,6H2,1-2H3,(H3,12,13,14). The van der Waals surface area contributed by atoms with Gasteiger partial charge in [-0.3, -0.25) is 4.68 Å². The Balaban J connectivity index is 2.05. The van der Waals surface area contributed by atoms with Gasteiger partial charge in [0.1, 0.15) is 5.82 Å². The maximum atomic E-state index is 5.67. The molecular weight excluding hydrogens is 202 g/mol. The molecule has 0 aromatic carbocycles. The van der Waals surface area contributed by atoms with Gasteiger partial charge in [-0.1, -0.05) is 0 Å². The molecule has 5 nitrogen and oxygen atoms in total. The maximum absolute atomic E-state index is 5.67. The van der Waals surface area contributed by atoms with E-state index in [0.717, 1.165) is 17.1 Å². The van der Waals surface area contributed by atoms with Crippen LogP contribution in [0, 0.1) is 6.92 Å². The van der Waals surface area contributed by atoms with E-state index in [2.05, 4.69) is 15.4 Å². The monoisotopic (exact) mass is 217 g/mol. The highest BCUT2D eigenvalue weighted by Gasteiger charge is 2.03. The largest absolute Gasteiger partial charge is 0.399 e. The SMILES string of the molecule is Cc1c(CNc2cc(N)ccn2)cnn1C. The minimum atomic E-state index is 0.704. The van der Waals surface area contributed by atoms with Crippen LogP contribution in [0.1, 0.15) is 11.3 Å². The molecule has 0 bridgehead atoms. The van der Waals surface area contributed by atoms with E-state index in [4.69, 9.17) is 5.73 Å². The first-order valence-electron chi connectivity index (χ1n) is 5.09. The summed E-state index contributed by atoms with van der Waals surface area (Å²) in [6.07, 6.45) is 3.54. The highest BCUT2D eigenvalue weighted by Crippen LogP contribution is 2.11. The molecule has 0 spiro atoms. The number of nitrogens with zero attached hydrogens (tertiary/aromatic N) is 3. The summed E-state index contributed by atoms with van der Waals surface area (Å²) < 4.78 is 1.85. The van der Waals surface area contributed by atoms with E-state index in [9.17, 15) is 0 Å². The smallest absolute Gasteiger partial charge is 0.128 e. The van der Waals surface area contributed by atoms with Crippen molar-refractivity contribution in [3.63, 3.8) is 0 Å². The highest BCUT2D eigenvalue weighted by atomic mass is 15.3. The van der Waals surface area contributed by atoms with Crippen molar-refractivity contribution in [2.75, 3.05) is 11.1 Å². The van der Waals surface area contributed by atoms with E-state index in [1.807, 2.05) is 30.9 Å². The molecule has 0 aliphatic rings. The predicted molar refractivity (Wildman–Crippen MR) is 63.9 cm³/mol. The zero-order valence-corrected chi connectivity index (χ0v) is 9.44. The molecule has 0 aliphatic carbocycles. The Morgan fingerprint density at radius 1 is 1.50 bits per heavy atom. The first kappa shape index (κ1) is 10.5. The Bertz CT molecular complexity index is 489. The molecular formula is C11H15N5. The lowest BCUT2D eigenvalue weighted by molar-refractivity contribution is 0.738. The van der Waals surface area contributed by atoms with Crippen LogP contribution in [0.5, 0.6) is 0 Å². The van der Waals surface area contributed by atoms with Gasteiger partial charge in [0.05, 0.1) is 6.20 Å². The fourth-order valence-corrected chi connectivity index (χ4v) is 1.45. The first-order valence-corrected chi connectivity index (χ1v) is 5.09. The van der Waals surface area contributed by atoms with Gasteiger partial charge in [-0.25, -0.2) is 4.98 Å². The molecule has 16 heavy (non-hydrogen) atoms. The van der Waals surface area contributed by atoms with Crippen molar-refractivity contribution >= 4 is 11.5 Å². The lowest BCUT2D eigenvalue weighted by Gasteiger charge is -2.05. The third kappa shape index (κ3) is 2.13. The second kappa shape index (κ2) is 4.22. The van der Waals surface area contributed by atoms with Gasteiger partial charge in [0, 0.05) is 42.8 Å². The van der Waals surface area contributed by atoms with E-state index >= 15 is 0 Å². The quantitative estimate of drug-likeness (QED) is 0.813. The third-order valence-electron chi connectivity index (χ3n) is 2.58. The molecule has 0 amide bonds. The highest BCUT2D eigenvalue weighted by molar-refractivity contribution is 5.48. The number of hydrogen-bond acceptors (Lipinski definition) is 4. The normalized spacial score (nSPS) is 10.4. The van der Waals surface area contributed by atoms with Gasteiger partial charge in [-0.15, -0.1) is 0 Å². The number of hydrogen-bond donors (Lipinski definition) is 2. The molecule has 84 valence electrons. The van der Waals surface area contributed by atoms with Crippen molar-refractivity contribution in [3.8, 4) is 0 Å². The summed E-state index contributed by atoms with van der Waals surface area (Å²) in [5, 5.41) is 7.39. The minimum Gasteiger partial charge on any atom is -0.399 e. The van der Waals surface area contributed by atoms with E-state index < -0.39 is 0 Å². The summed E-state index contributed by atoms with van der Waals surface area (Å²) in [7, 11) is 1.93. The number of aromatic nitrogens is 3. The number of nitrogens with one attached hydrogen (secondary N) is 1. The predicted octanol–water partition coefficient (Wildman–Crippen LogP) is 1.32. The first-order chi connectivity index (χ1) is 7.66. The van der Waals surface area contributed by atoms with Crippen LogP contribution >= 0.6 is 0 Å². The second-order valence-electron chi connectivity index (χ2n) is 3.71. The van der Waals surface area contributed by atoms with Gasteiger partial charge in [0.15, 0.2) is 0 Å². The molecule has 2 heterocycles. The number of aryl methyl sites for hydroxylation is 1. The summed E-state index contributed by atoms with van der Waals surface area (Å²) in [6.45, 7) is 2.74. The Labute approximate surface area is 94.3 Å². The van der Waals surface area contributed by atoms with Crippen LogP contribution < -0.4 is 11.1 Å². The Morgan fingerprint density at radius 3 is 2.94 bits per heavy atom. The fourth-order valence-electron chi connectivity index (χ4n) is 1.45. The number of pyridine rings is 1. The minimum absolute atomic E-state index is 0.704. The summed E-state index contributed by atoms with van der Waals surface area (Å²) in [4.78, 5) is 4.17. The van der Waals surface area contributed by atoms with Crippen LogP contribution in [0.3, 0.4) is 0 Å². The molecule has 3 N–H and O–H groups in total. The van der Waals surface area contributed by atoms with E-state index in [0.29, 0.717) is 12.2 Å². The molecule has 5 heteroatoms. The van der Waals surface area contributed by atoms with Crippen LogP contribution in [-0.2, 0) is 13.6 Å². The lowest BCUT2D eigenvalue weighted by Crippen LogP contribution is -2.03. The average Bonchev–Trinajstić information content (AvgIpc) is 2.57. The van der Waals surface area contributed by atoms with Gasteiger partial charge in [0.25, 0.3) is 0 Å². The van der Waals surface area contributed by atoms with Crippen molar-refractivity contribution in [2.45, 2.75) is 13.5 Å². The topological polar surface area (TPSA) is 68.8 Å². The molecule has 2 aromatic rings. The molecule has 2 aromatic heterocycles. The number of rotatable bonds is 3. The average molecular weight is 217 g/mol. The molecule has 0 unspecified atom stereocenters. The van der Waals surface area contributed by atoms with Crippen LogP contribution in [-0.4, -0.2) is 14.8 Å². The fraction of sp³-hybridized carbons (Fsp3) is 0.273. The van der Waals surface area contributed by atoms with Crippen LogP contribution in [0.4, 0.5) is 11.5 Å². The lowest BCUT2D eigenvalue weighted by atomic mass is 10.2. The Kier molecular flexibility index (Phi) is 2.76. The summed E-state index contributed by atoms with van der Waals surface area (Å²) in [6, 6.07) is 3.58. The molecule has 0 atom stereocenters. The van der Waals surface area contributed by atoms with Gasteiger partial charge in [-0.05, 0) is 13.0 Å². The van der Waals surface area contributed by atoms with Crippen LogP contribution in [0.25, 0.3) is 0 Å². The molecule has 0 saturated carbocycles. The van der Waals surface area contributed by atoms with Gasteiger partial charge < -0.3 is 11.1 Å². The summed E-state index contributed by atoms with van der Waals surface area (Å²) in [5.74, 6) is 0.781. The number of anilines is 2. The van der Waals surface area contributed by atoms with Crippen molar-refractivity contribution in [1.29, 1.82) is 0 Å². The molecule has 0 aliphatic heterocycles. The van der Waals surface area contributed by atoms with Crippen LogP contribution in [0.15, 0.2) is 24.5 Å².